The van der Waals surface area contributed by atoms with E-state index in [1.54, 1.807) is 7.11 Å². The minimum atomic E-state index is 0.667. The van der Waals surface area contributed by atoms with E-state index in [1.165, 1.54) is 32.1 Å². The van der Waals surface area contributed by atoms with Crippen LogP contribution in [0.25, 0.3) is 0 Å². The Morgan fingerprint density at radius 2 is 2.11 bits per heavy atom. The van der Waals surface area contributed by atoms with Gasteiger partial charge in [-0.2, -0.15) is 0 Å². The first-order valence-corrected chi connectivity index (χ1v) is 7.67. The van der Waals surface area contributed by atoms with Crippen LogP contribution < -0.4 is 4.74 Å². The third-order valence-corrected chi connectivity index (χ3v) is 3.99. The Labute approximate surface area is 120 Å². The molecule has 0 amide bonds. The van der Waals surface area contributed by atoms with Gasteiger partial charge in [-0.15, -0.1) is 11.6 Å². The highest BCUT2D eigenvalue weighted by molar-refractivity contribution is 6.18. The standard InChI is InChI=1S/C15H23ClN2O/c1-19-15-9-5-6-13(17-15)12-18(11-10-16)14-7-3-2-4-8-14/h5-6,9,14H,2-4,7-8,10-12H2,1H3. The van der Waals surface area contributed by atoms with E-state index in [0.717, 1.165) is 18.8 Å². The molecule has 0 saturated heterocycles. The Kier molecular flexibility index (Phi) is 5.93. The zero-order valence-corrected chi connectivity index (χ0v) is 12.4. The maximum absolute atomic E-state index is 5.95. The van der Waals surface area contributed by atoms with E-state index < -0.39 is 0 Å². The number of nitrogens with zero attached hydrogens (tertiary/aromatic N) is 2. The van der Waals surface area contributed by atoms with Crippen LogP contribution in [0.2, 0.25) is 0 Å². The maximum atomic E-state index is 5.95. The van der Waals surface area contributed by atoms with Gasteiger partial charge in [0.05, 0.1) is 12.8 Å². The topological polar surface area (TPSA) is 25.4 Å². The lowest BCUT2D eigenvalue weighted by molar-refractivity contribution is 0.155. The van der Waals surface area contributed by atoms with Gasteiger partial charge in [0.25, 0.3) is 0 Å². The monoisotopic (exact) mass is 282 g/mol. The molecule has 106 valence electrons. The van der Waals surface area contributed by atoms with Crippen LogP contribution >= 0.6 is 11.6 Å². The zero-order valence-electron chi connectivity index (χ0n) is 11.6. The van der Waals surface area contributed by atoms with Gasteiger partial charge in [0.15, 0.2) is 0 Å². The van der Waals surface area contributed by atoms with E-state index in [0.29, 0.717) is 17.8 Å². The number of hydrogen-bond donors (Lipinski definition) is 0. The average molecular weight is 283 g/mol. The molecule has 0 aromatic carbocycles. The van der Waals surface area contributed by atoms with Gasteiger partial charge in [0.1, 0.15) is 0 Å². The molecule has 0 radical (unpaired) electrons. The van der Waals surface area contributed by atoms with Crippen molar-refractivity contribution in [2.75, 3.05) is 19.5 Å². The van der Waals surface area contributed by atoms with Gasteiger partial charge in [-0.1, -0.05) is 25.3 Å². The van der Waals surface area contributed by atoms with Gasteiger partial charge >= 0.3 is 0 Å². The molecule has 0 spiro atoms. The summed E-state index contributed by atoms with van der Waals surface area (Å²) in [6.07, 6.45) is 6.65. The molecule has 0 aliphatic heterocycles. The van der Waals surface area contributed by atoms with E-state index in [1.807, 2.05) is 12.1 Å². The molecule has 1 fully saturated rings. The van der Waals surface area contributed by atoms with Crippen molar-refractivity contribution >= 4 is 11.6 Å². The fourth-order valence-electron chi connectivity index (χ4n) is 2.81. The molecule has 1 aliphatic carbocycles. The second-order valence-corrected chi connectivity index (χ2v) is 5.50. The lowest BCUT2D eigenvalue weighted by Gasteiger charge is -2.33. The van der Waals surface area contributed by atoms with Crippen LogP contribution in [0.1, 0.15) is 37.8 Å². The summed E-state index contributed by atoms with van der Waals surface area (Å²) in [5, 5.41) is 0. The number of halogens is 1. The summed E-state index contributed by atoms with van der Waals surface area (Å²) >= 11 is 5.95. The summed E-state index contributed by atoms with van der Waals surface area (Å²) in [6, 6.07) is 6.62. The van der Waals surface area contributed by atoms with Gasteiger partial charge < -0.3 is 4.74 Å². The van der Waals surface area contributed by atoms with Gasteiger partial charge in [-0.25, -0.2) is 4.98 Å². The summed E-state index contributed by atoms with van der Waals surface area (Å²) in [5.74, 6) is 1.37. The number of hydrogen-bond acceptors (Lipinski definition) is 3. The molecule has 1 aliphatic rings. The second kappa shape index (κ2) is 7.71. The number of ether oxygens (including phenoxy) is 1. The molecule has 0 unspecified atom stereocenters. The molecule has 3 nitrogen and oxygen atoms in total. The number of rotatable bonds is 6. The number of aromatic nitrogens is 1. The number of methoxy groups -OCH3 is 1. The van der Waals surface area contributed by atoms with Crippen molar-refractivity contribution in [1.29, 1.82) is 0 Å². The Morgan fingerprint density at radius 1 is 1.32 bits per heavy atom. The Balaban J connectivity index is 2.01. The molecule has 1 aromatic rings. The smallest absolute Gasteiger partial charge is 0.213 e. The van der Waals surface area contributed by atoms with Gasteiger partial charge in [-0.3, -0.25) is 4.90 Å². The molecule has 0 bridgehead atoms. The predicted octanol–water partition coefficient (Wildman–Crippen LogP) is 3.46. The molecule has 19 heavy (non-hydrogen) atoms. The van der Waals surface area contributed by atoms with Gasteiger partial charge in [0.2, 0.25) is 5.88 Å². The Bertz CT molecular complexity index is 380. The second-order valence-electron chi connectivity index (χ2n) is 5.12. The fourth-order valence-corrected chi connectivity index (χ4v) is 3.03. The van der Waals surface area contributed by atoms with E-state index in [2.05, 4.69) is 16.0 Å². The van der Waals surface area contributed by atoms with Crippen molar-refractivity contribution in [2.45, 2.75) is 44.7 Å². The zero-order chi connectivity index (χ0) is 13.5. The van der Waals surface area contributed by atoms with Crippen LogP contribution in [0.15, 0.2) is 18.2 Å². The third-order valence-electron chi connectivity index (χ3n) is 3.82. The normalized spacial score (nSPS) is 16.8. The number of pyridine rings is 1. The molecule has 1 saturated carbocycles. The highest BCUT2D eigenvalue weighted by atomic mass is 35.5. The van der Waals surface area contributed by atoms with Gasteiger partial charge in [0, 0.05) is 31.1 Å². The van der Waals surface area contributed by atoms with Crippen LogP contribution in [-0.4, -0.2) is 35.5 Å². The SMILES string of the molecule is COc1cccc(CN(CCCl)C2CCCCC2)n1. The summed E-state index contributed by atoms with van der Waals surface area (Å²) < 4.78 is 5.19. The maximum Gasteiger partial charge on any atom is 0.213 e. The lowest BCUT2D eigenvalue weighted by atomic mass is 9.94. The van der Waals surface area contributed by atoms with Crippen molar-refractivity contribution in [3.63, 3.8) is 0 Å². The van der Waals surface area contributed by atoms with Crippen LogP contribution in [-0.2, 0) is 6.54 Å². The summed E-state index contributed by atoms with van der Waals surface area (Å²) in [5.41, 5.74) is 1.06. The van der Waals surface area contributed by atoms with Crippen molar-refractivity contribution in [3.05, 3.63) is 23.9 Å². The molecular formula is C15H23ClN2O. The predicted molar refractivity (Wildman–Crippen MR) is 78.8 cm³/mol. The van der Waals surface area contributed by atoms with Crippen molar-refractivity contribution in [1.82, 2.24) is 9.88 Å². The van der Waals surface area contributed by atoms with Crippen LogP contribution in [0.3, 0.4) is 0 Å². The first-order chi connectivity index (χ1) is 9.33. The first kappa shape index (κ1) is 14.6. The molecular weight excluding hydrogens is 260 g/mol. The summed E-state index contributed by atoms with van der Waals surface area (Å²) in [6.45, 7) is 1.81. The summed E-state index contributed by atoms with van der Waals surface area (Å²) in [7, 11) is 1.66. The molecule has 1 aromatic heterocycles. The lowest BCUT2D eigenvalue weighted by Crippen LogP contribution is -2.37. The van der Waals surface area contributed by atoms with Crippen LogP contribution in [0.4, 0.5) is 0 Å². The Morgan fingerprint density at radius 3 is 2.79 bits per heavy atom. The quantitative estimate of drug-likeness (QED) is 0.747. The largest absolute Gasteiger partial charge is 0.481 e. The minimum Gasteiger partial charge on any atom is -0.481 e. The van der Waals surface area contributed by atoms with E-state index in [9.17, 15) is 0 Å². The molecule has 0 atom stereocenters. The van der Waals surface area contributed by atoms with Crippen molar-refractivity contribution < 1.29 is 4.74 Å². The minimum absolute atomic E-state index is 0.667. The van der Waals surface area contributed by atoms with Crippen molar-refractivity contribution in [3.8, 4) is 5.88 Å². The number of alkyl halides is 1. The molecule has 0 N–H and O–H groups in total. The highest BCUT2D eigenvalue weighted by Gasteiger charge is 2.21. The van der Waals surface area contributed by atoms with Crippen LogP contribution in [0, 0.1) is 0 Å². The average Bonchev–Trinajstić information content (AvgIpc) is 2.48. The molecule has 1 heterocycles. The third kappa shape index (κ3) is 4.36. The molecule has 2 rings (SSSR count). The van der Waals surface area contributed by atoms with E-state index in [-0.39, 0.29) is 0 Å². The fraction of sp³-hybridized carbons (Fsp3) is 0.667. The Hall–Kier alpha value is -0.800. The van der Waals surface area contributed by atoms with Gasteiger partial charge in [-0.05, 0) is 18.9 Å². The first-order valence-electron chi connectivity index (χ1n) is 7.13. The molecule has 4 heteroatoms. The summed E-state index contributed by atoms with van der Waals surface area (Å²) in [4.78, 5) is 6.98. The van der Waals surface area contributed by atoms with E-state index in [4.69, 9.17) is 16.3 Å². The van der Waals surface area contributed by atoms with E-state index >= 15 is 0 Å². The van der Waals surface area contributed by atoms with Crippen LogP contribution in [0.5, 0.6) is 5.88 Å². The highest BCUT2D eigenvalue weighted by Crippen LogP contribution is 2.24. The van der Waals surface area contributed by atoms with Crippen molar-refractivity contribution in [2.24, 2.45) is 0 Å².